The summed E-state index contributed by atoms with van der Waals surface area (Å²) in [6.07, 6.45) is 0. The summed E-state index contributed by atoms with van der Waals surface area (Å²) in [6, 6.07) is 7.08. The molecule has 1 aromatic heterocycles. The van der Waals surface area contributed by atoms with Crippen molar-refractivity contribution < 1.29 is 4.92 Å². The van der Waals surface area contributed by atoms with Gasteiger partial charge >= 0.3 is 0 Å². The van der Waals surface area contributed by atoms with Gasteiger partial charge in [-0.3, -0.25) is 15.1 Å². The van der Waals surface area contributed by atoms with Crippen LogP contribution in [-0.2, 0) is 0 Å². The molecule has 0 aliphatic carbocycles. The first-order chi connectivity index (χ1) is 9.13. The predicted molar refractivity (Wildman–Crippen MR) is 73.4 cm³/mol. The number of nitrogens with zero attached hydrogens (tertiary/aromatic N) is 2. The summed E-state index contributed by atoms with van der Waals surface area (Å²) in [4.78, 5) is 14.9. The van der Waals surface area contributed by atoms with E-state index in [1.165, 1.54) is 6.07 Å². The van der Waals surface area contributed by atoms with Gasteiger partial charge in [0.25, 0.3) is 5.69 Å². The van der Waals surface area contributed by atoms with E-state index >= 15 is 0 Å². The van der Waals surface area contributed by atoms with Gasteiger partial charge in [-0.05, 0) is 19.1 Å². The third-order valence-electron chi connectivity index (χ3n) is 3.27. The number of rotatable bonds is 3. The highest BCUT2D eigenvalue weighted by molar-refractivity contribution is 5.93. The normalized spacial score (nSPS) is 15.2. The van der Waals surface area contributed by atoms with Crippen molar-refractivity contribution in [3.63, 3.8) is 0 Å². The van der Waals surface area contributed by atoms with E-state index < -0.39 is 0 Å². The zero-order valence-corrected chi connectivity index (χ0v) is 10.5. The minimum absolute atomic E-state index is 0.0907. The molecule has 0 unspecified atom stereocenters. The molecule has 2 N–H and O–H groups in total. The third-order valence-corrected chi connectivity index (χ3v) is 3.27. The molecule has 1 fully saturated rings. The summed E-state index contributed by atoms with van der Waals surface area (Å²) in [5.41, 5.74) is 2.68. The number of benzene rings is 1. The molecule has 0 atom stereocenters. The van der Waals surface area contributed by atoms with Crippen LogP contribution in [0.3, 0.4) is 0 Å². The number of aryl methyl sites for hydroxylation is 1. The molecule has 6 nitrogen and oxygen atoms in total. The Morgan fingerprint density at radius 1 is 1.42 bits per heavy atom. The molecule has 19 heavy (non-hydrogen) atoms. The number of hydrogen-bond donors (Lipinski definition) is 2. The fourth-order valence-corrected chi connectivity index (χ4v) is 2.19. The largest absolute Gasteiger partial charge is 0.379 e. The van der Waals surface area contributed by atoms with E-state index in [-0.39, 0.29) is 10.6 Å². The second-order valence-electron chi connectivity index (χ2n) is 4.77. The van der Waals surface area contributed by atoms with Gasteiger partial charge in [0.05, 0.1) is 16.5 Å². The van der Waals surface area contributed by atoms with Gasteiger partial charge in [0, 0.05) is 42.0 Å². The van der Waals surface area contributed by atoms with Gasteiger partial charge in [-0.25, -0.2) is 0 Å². The van der Waals surface area contributed by atoms with Gasteiger partial charge < -0.3 is 10.6 Å². The summed E-state index contributed by atoms with van der Waals surface area (Å²) >= 11 is 0. The van der Waals surface area contributed by atoms with Crippen molar-refractivity contribution in [3.8, 4) is 0 Å². The van der Waals surface area contributed by atoms with Gasteiger partial charge in [-0.15, -0.1) is 0 Å². The first-order valence-corrected chi connectivity index (χ1v) is 6.16. The minimum atomic E-state index is -0.381. The molecule has 0 amide bonds. The lowest BCUT2D eigenvalue weighted by atomic mass is 10.1. The number of non-ortho nitro benzene ring substituents is 1. The first-order valence-electron chi connectivity index (χ1n) is 6.16. The number of anilines is 1. The Labute approximate surface area is 110 Å². The molecule has 0 spiro atoms. The summed E-state index contributed by atoms with van der Waals surface area (Å²) in [5, 5.41) is 18.3. The predicted octanol–water partition coefficient (Wildman–Crippen LogP) is 1.84. The van der Waals surface area contributed by atoms with Crippen LogP contribution in [0.15, 0.2) is 24.3 Å². The lowest BCUT2D eigenvalue weighted by Crippen LogP contribution is -2.51. The van der Waals surface area contributed by atoms with Crippen LogP contribution >= 0.6 is 0 Å². The number of pyridine rings is 1. The van der Waals surface area contributed by atoms with E-state index in [1.807, 2.05) is 13.0 Å². The van der Waals surface area contributed by atoms with E-state index in [0.29, 0.717) is 6.04 Å². The van der Waals surface area contributed by atoms with Crippen molar-refractivity contribution in [2.24, 2.45) is 0 Å². The van der Waals surface area contributed by atoms with Crippen LogP contribution in [0.2, 0.25) is 0 Å². The standard InChI is InChI=1S/C13H14N4O2/c1-8-4-13(16-9-6-14-7-9)11-5-10(17(18)19)2-3-12(11)15-8/h2-5,9,14H,6-7H2,1H3,(H,15,16). The molecule has 0 saturated carbocycles. The van der Waals surface area contributed by atoms with Crippen molar-refractivity contribution >= 4 is 22.3 Å². The van der Waals surface area contributed by atoms with Gasteiger partial charge in [0.15, 0.2) is 0 Å². The van der Waals surface area contributed by atoms with Crippen molar-refractivity contribution in [2.45, 2.75) is 13.0 Å². The number of nitro groups is 1. The van der Waals surface area contributed by atoms with Crippen molar-refractivity contribution in [1.82, 2.24) is 10.3 Å². The van der Waals surface area contributed by atoms with E-state index in [0.717, 1.165) is 35.4 Å². The maximum absolute atomic E-state index is 10.9. The first kappa shape index (κ1) is 11.9. The Kier molecular flexibility index (Phi) is 2.79. The molecule has 6 heteroatoms. The Bertz CT molecular complexity index is 652. The van der Waals surface area contributed by atoms with Crippen LogP contribution in [0.4, 0.5) is 11.4 Å². The van der Waals surface area contributed by atoms with Crippen LogP contribution in [0.25, 0.3) is 10.9 Å². The lowest BCUT2D eigenvalue weighted by Gasteiger charge is -2.29. The monoisotopic (exact) mass is 258 g/mol. The molecule has 98 valence electrons. The molecule has 2 aromatic rings. The van der Waals surface area contributed by atoms with Gasteiger partial charge in [-0.2, -0.15) is 0 Å². The molecule has 3 rings (SSSR count). The van der Waals surface area contributed by atoms with Crippen LogP contribution in [0.5, 0.6) is 0 Å². The molecule has 0 radical (unpaired) electrons. The Morgan fingerprint density at radius 2 is 2.21 bits per heavy atom. The maximum atomic E-state index is 10.9. The molecule has 1 aromatic carbocycles. The summed E-state index contributed by atoms with van der Waals surface area (Å²) < 4.78 is 0. The van der Waals surface area contributed by atoms with E-state index in [9.17, 15) is 10.1 Å². The van der Waals surface area contributed by atoms with Crippen LogP contribution < -0.4 is 10.6 Å². The second kappa shape index (κ2) is 4.47. The fourth-order valence-electron chi connectivity index (χ4n) is 2.19. The van der Waals surface area contributed by atoms with Crippen molar-refractivity contribution in [1.29, 1.82) is 0 Å². The number of aromatic nitrogens is 1. The molecule has 1 aliphatic rings. The quantitative estimate of drug-likeness (QED) is 0.648. The van der Waals surface area contributed by atoms with Crippen molar-refractivity contribution in [2.75, 3.05) is 18.4 Å². The van der Waals surface area contributed by atoms with Crippen LogP contribution in [-0.4, -0.2) is 29.0 Å². The number of fused-ring (bicyclic) bond motifs is 1. The average Bonchev–Trinajstić information content (AvgIpc) is 2.32. The van der Waals surface area contributed by atoms with Crippen LogP contribution in [0, 0.1) is 17.0 Å². The SMILES string of the molecule is Cc1cc(NC2CNC2)c2cc([N+](=O)[O-])ccc2n1. The molecular formula is C13H14N4O2. The highest BCUT2D eigenvalue weighted by Crippen LogP contribution is 2.27. The molecule has 2 heterocycles. The van der Waals surface area contributed by atoms with Crippen LogP contribution in [0.1, 0.15) is 5.69 Å². The van der Waals surface area contributed by atoms with E-state index in [4.69, 9.17) is 0 Å². The summed E-state index contributed by atoms with van der Waals surface area (Å²) in [7, 11) is 0. The van der Waals surface area contributed by atoms with E-state index in [2.05, 4.69) is 15.6 Å². The zero-order valence-electron chi connectivity index (χ0n) is 10.5. The Balaban J connectivity index is 2.10. The number of nitrogens with one attached hydrogen (secondary N) is 2. The minimum Gasteiger partial charge on any atom is -0.379 e. The third kappa shape index (κ3) is 2.22. The fraction of sp³-hybridized carbons (Fsp3) is 0.308. The van der Waals surface area contributed by atoms with Crippen molar-refractivity contribution in [3.05, 3.63) is 40.1 Å². The smallest absolute Gasteiger partial charge is 0.270 e. The van der Waals surface area contributed by atoms with Gasteiger partial charge in [0.2, 0.25) is 0 Å². The molecule has 1 aliphatic heterocycles. The highest BCUT2D eigenvalue weighted by Gasteiger charge is 2.18. The molecule has 0 bridgehead atoms. The number of nitro benzene ring substituents is 1. The Hall–Kier alpha value is -2.21. The average molecular weight is 258 g/mol. The number of hydrogen-bond acceptors (Lipinski definition) is 5. The lowest BCUT2D eigenvalue weighted by molar-refractivity contribution is -0.384. The topological polar surface area (TPSA) is 80.1 Å². The summed E-state index contributed by atoms with van der Waals surface area (Å²) in [5.74, 6) is 0. The van der Waals surface area contributed by atoms with E-state index in [1.54, 1.807) is 12.1 Å². The molecule has 1 saturated heterocycles. The molecular weight excluding hydrogens is 244 g/mol. The summed E-state index contributed by atoms with van der Waals surface area (Å²) in [6.45, 7) is 3.75. The zero-order chi connectivity index (χ0) is 13.4. The highest BCUT2D eigenvalue weighted by atomic mass is 16.6. The van der Waals surface area contributed by atoms with Gasteiger partial charge in [0.1, 0.15) is 0 Å². The Morgan fingerprint density at radius 3 is 2.84 bits per heavy atom. The van der Waals surface area contributed by atoms with Gasteiger partial charge in [-0.1, -0.05) is 0 Å². The maximum Gasteiger partial charge on any atom is 0.270 e. The second-order valence-corrected chi connectivity index (χ2v) is 4.77.